The summed E-state index contributed by atoms with van der Waals surface area (Å²) in [5.41, 5.74) is 3.11. The first-order valence-electron chi connectivity index (χ1n) is 7.51. The van der Waals surface area contributed by atoms with Crippen molar-refractivity contribution in [2.75, 3.05) is 7.05 Å². The first kappa shape index (κ1) is 15.6. The highest BCUT2D eigenvalue weighted by Crippen LogP contribution is 2.20. The van der Waals surface area contributed by atoms with Gasteiger partial charge >= 0.3 is 0 Å². The third kappa shape index (κ3) is 3.24. The van der Waals surface area contributed by atoms with Crippen LogP contribution in [0.4, 0.5) is 0 Å². The third-order valence-electron chi connectivity index (χ3n) is 4.11. The van der Waals surface area contributed by atoms with Gasteiger partial charge in [-0.15, -0.1) is 0 Å². The minimum Gasteiger partial charge on any atom is -0.361 e. The molecule has 1 N–H and O–H groups in total. The summed E-state index contributed by atoms with van der Waals surface area (Å²) in [5.74, 6) is 0.0903. The molecule has 0 saturated carbocycles. The number of hydrogen-bond acceptors (Lipinski definition) is 2. The van der Waals surface area contributed by atoms with E-state index in [1.807, 2.05) is 31.4 Å². The van der Waals surface area contributed by atoms with Crippen LogP contribution in [0.1, 0.15) is 17.7 Å². The van der Waals surface area contributed by atoms with E-state index in [4.69, 9.17) is 11.6 Å². The maximum Gasteiger partial charge on any atom is 0.222 e. The van der Waals surface area contributed by atoms with Crippen LogP contribution < -0.4 is 0 Å². The number of benzene rings is 1. The molecule has 0 radical (unpaired) electrons. The minimum atomic E-state index is 0.0903. The lowest BCUT2D eigenvalue weighted by atomic mass is 10.1. The van der Waals surface area contributed by atoms with Gasteiger partial charge in [0, 0.05) is 37.6 Å². The van der Waals surface area contributed by atoms with Gasteiger partial charge in [0.15, 0.2) is 0 Å². The van der Waals surface area contributed by atoms with Gasteiger partial charge in [-0.1, -0.05) is 29.8 Å². The largest absolute Gasteiger partial charge is 0.361 e. The standard InChI is InChI=1S/C17H19ClN4O/c1-21(11-16-14(18)10-20-22(16)2)17(23)8-7-12-9-19-15-6-4-3-5-13(12)15/h3-6,9-10,19H,7-8,11H2,1-2H3. The predicted molar refractivity (Wildman–Crippen MR) is 91.3 cm³/mol. The molecule has 0 aliphatic carbocycles. The maximum atomic E-state index is 12.4. The van der Waals surface area contributed by atoms with E-state index < -0.39 is 0 Å². The van der Waals surface area contributed by atoms with Crippen molar-refractivity contribution >= 4 is 28.4 Å². The number of aromatic amines is 1. The first-order chi connectivity index (χ1) is 11.1. The van der Waals surface area contributed by atoms with Gasteiger partial charge in [-0.3, -0.25) is 9.48 Å². The molecular weight excluding hydrogens is 312 g/mol. The highest BCUT2D eigenvalue weighted by Gasteiger charge is 2.15. The number of fused-ring (bicyclic) bond motifs is 1. The van der Waals surface area contributed by atoms with Crippen LogP contribution in [0.15, 0.2) is 36.7 Å². The quantitative estimate of drug-likeness (QED) is 0.781. The molecule has 2 heterocycles. The van der Waals surface area contributed by atoms with E-state index >= 15 is 0 Å². The molecule has 3 rings (SSSR count). The van der Waals surface area contributed by atoms with Crippen molar-refractivity contribution in [3.63, 3.8) is 0 Å². The average Bonchev–Trinajstić information content (AvgIpc) is 3.10. The summed E-state index contributed by atoms with van der Waals surface area (Å²) in [6.07, 6.45) is 4.76. The van der Waals surface area contributed by atoms with Gasteiger partial charge in [0.2, 0.25) is 5.91 Å². The third-order valence-corrected chi connectivity index (χ3v) is 4.42. The van der Waals surface area contributed by atoms with Crippen molar-refractivity contribution in [1.82, 2.24) is 19.7 Å². The Labute approximate surface area is 139 Å². The Balaban J connectivity index is 1.63. The van der Waals surface area contributed by atoms with Gasteiger partial charge < -0.3 is 9.88 Å². The monoisotopic (exact) mass is 330 g/mol. The summed E-state index contributed by atoms with van der Waals surface area (Å²) in [7, 11) is 3.62. The molecule has 0 aliphatic rings. The highest BCUT2D eigenvalue weighted by atomic mass is 35.5. The van der Waals surface area contributed by atoms with E-state index in [1.165, 1.54) is 10.9 Å². The van der Waals surface area contributed by atoms with Crippen LogP contribution in [0.5, 0.6) is 0 Å². The molecular formula is C17H19ClN4O. The second kappa shape index (κ2) is 6.46. The summed E-state index contributed by atoms with van der Waals surface area (Å²) in [5, 5.41) is 5.86. The van der Waals surface area contributed by atoms with E-state index in [0.29, 0.717) is 24.4 Å². The summed E-state index contributed by atoms with van der Waals surface area (Å²) >= 11 is 6.09. The summed E-state index contributed by atoms with van der Waals surface area (Å²) < 4.78 is 1.70. The van der Waals surface area contributed by atoms with Crippen molar-refractivity contribution in [3.05, 3.63) is 52.9 Å². The summed E-state index contributed by atoms with van der Waals surface area (Å²) in [6, 6.07) is 8.12. The second-order valence-electron chi connectivity index (χ2n) is 5.67. The molecule has 0 aliphatic heterocycles. The first-order valence-corrected chi connectivity index (χ1v) is 7.89. The second-order valence-corrected chi connectivity index (χ2v) is 6.08. The predicted octanol–water partition coefficient (Wildman–Crippen LogP) is 3.15. The fraction of sp³-hybridized carbons (Fsp3) is 0.294. The van der Waals surface area contributed by atoms with Crippen molar-refractivity contribution in [3.8, 4) is 0 Å². The number of amides is 1. The molecule has 5 nitrogen and oxygen atoms in total. The smallest absolute Gasteiger partial charge is 0.222 e. The number of aryl methyl sites for hydroxylation is 2. The maximum absolute atomic E-state index is 12.4. The Kier molecular flexibility index (Phi) is 4.39. The Hall–Kier alpha value is -2.27. The highest BCUT2D eigenvalue weighted by molar-refractivity contribution is 6.31. The zero-order valence-electron chi connectivity index (χ0n) is 13.2. The van der Waals surface area contributed by atoms with E-state index in [0.717, 1.165) is 11.2 Å². The number of hydrogen-bond donors (Lipinski definition) is 1. The van der Waals surface area contributed by atoms with Crippen molar-refractivity contribution in [2.24, 2.45) is 7.05 Å². The SMILES string of the molecule is CN(Cc1c(Cl)cnn1C)C(=O)CCc1c[nH]c2ccccc12. The molecule has 0 fully saturated rings. The fourth-order valence-electron chi connectivity index (χ4n) is 2.70. The van der Waals surface area contributed by atoms with Crippen LogP contribution in [0.2, 0.25) is 5.02 Å². The number of H-pyrrole nitrogens is 1. The van der Waals surface area contributed by atoms with E-state index in [2.05, 4.69) is 16.1 Å². The van der Waals surface area contributed by atoms with E-state index in [-0.39, 0.29) is 5.91 Å². The molecule has 3 aromatic rings. The van der Waals surface area contributed by atoms with Crippen LogP contribution in [-0.4, -0.2) is 32.6 Å². The Morgan fingerprint density at radius 3 is 2.91 bits per heavy atom. The zero-order chi connectivity index (χ0) is 16.4. The van der Waals surface area contributed by atoms with Crippen molar-refractivity contribution < 1.29 is 4.79 Å². The van der Waals surface area contributed by atoms with Crippen LogP contribution in [0.25, 0.3) is 10.9 Å². The number of carbonyl (C=O) groups excluding carboxylic acids is 1. The fourth-order valence-corrected chi connectivity index (χ4v) is 2.92. The molecule has 1 aromatic carbocycles. The van der Waals surface area contributed by atoms with Gasteiger partial charge in [-0.2, -0.15) is 5.10 Å². The number of nitrogens with one attached hydrogen (secondary N) is 1. The normalized spacial score (nSPS) is 11.1. The molecule has 23 heavy (non-hydrogen) atoms. The lowest BCUT2D eigenvalue weighted by molar-refractivity contribution is -0.130. The number of nitrogens with zero attached hydrogens (tertiary/aromatic N) is 3. The summed E-state index contributed by atoms with van der Waals surface area (Å²) in [4.78, 5) is 17.3. The lowest BCUT2D eigenvalue weighted by Gasteiger charge is -2.17. The Morgan fingerprint density at radius 1 is 1.39 bits per heavy atom. The van der Waals surface area contributed by atoms with Gasteiger partial charge in [-0.05, 0) is 18.1 Å². The lowest BCUT2D eigenvalue weighted by Crippen LogP contribution is -2.27. The van der Waals surface area contributed by atoms with Gasteiger partial charge in [0.1, 0.15) is 0 Å². The molecule has 0 unspecified atom stereocenters. The number of para-hydroxylation sites is 1. The van der Waals surface area contributed by atoms with Crippen LogP contribution >= 0.6 is 11.6 Å². The summed E-state index contributed by atoms with van der Waals surface area (Å²) in [6.45, 7) is 0.460. The number of rotatable bonds is 5. The van der Waals surface area contributed by atoms with Crippen molar-refractivity contribution in [1.29, 1.82) is 0 Å². The molecule has 0 atom stereocenters. The Bertz CT molecular complexity index is 817. The molecule has 0 spiro atoms. The van der Waals surface area contributed by atoms with Gasteiger partial charge in [-0.25, -0.2) is 0 Å². The topological polar surface area (TPSA) is 53.9 Å². The van der Waals surface area contributed by atoms with Crippen LogP contribution in [0, 0.1) is 0 Å². The number of halogens is 1. The number of carbonyl (C=O) groups is 1. The molecule has 2 aromatic heterocycles. The van der Waals surface area contributed by atoms with Crippen LogP contribution in [-0.2, 0) is 24.8 Å². The van der Waals surface area contributed by atoms with Crippen LogP contribution in [0.3, 0.4) is 0 Å². The molecule has 0 saturated heterocycles. The minimum absolute atomic E-state index is 0.0903. The Morgan fingerprint density at radius 2 is 2.17 bits per heavy atom. The molecule has 1 amide bonds. The van der Waals surface area contributed by atoms with Gasteiger partial charge in [0.25, 0.3) is 0 Å². The van der Waals surface area contributed by atoms with E-state index in [1.54, 1.807) is 22.8 Å². The zero-order valence-corrected chi connectivity index (χ0v) is 14.0. The average molecular weight is 331 g/mol. The number of aromatic nitrogens is 3. The molecule has 6 heteroatoms. The van der Waals surface area contributed by atoms with E-state index in [9.17, 15) is 4.79 Å². The van der Waals surface area contributed by atoms with Gasteiger partial charge in [0.05, 0.1) is 23.5 Å². The molecule has 120 valence electrons. The van der Waals surface area contributed by atoms with Crippen molar-refractivity contribution in [2.45, 2.75) is 19.4 Å². The molecule has 0 bridgehead atoms.